The average molecular weight is 263 g/mol. The Kier molecular flexibility index (Phi) is 3.04. The van der Waals surface area contributed by atoms with Crippen molar-refractivity contribution in [1.82, 2.24) is 15.5 Å². The number of ether oxygens (including phenoxy) is 1. The van der Waals surface area contributed by atoms with Gasteiger partial charge in [-0.05, 0) is 44.1 Å². The van der Waals surface area contributed by atoms with Crippen LogP contribution in [-0.4, -0.2) is 29.9 Å². The van der Waals surface area contributed by atoms with Crippen molar-refractivity contribution in [1.29, 1.82) is 0 Å². The summed E-state index contributed by atoms with van der Waals surface area (Å²) in [6, 6.07) is 0.300. The number of hydrogen-bond acceptors (Lipinski definition) is 5. The van der Waals surface area contributed by atoms with E-state index in [-0.39, 0.29) is 0 Å². The molecule has 1 saturated carbocycles. The third-order valence-corrected chi connectivity index (χ3v) is 5.06. The molecule has 3 heterocycles. The molecule has 1 aromatic heterocycles. The maximum Gasteiger partial charge on any atom is 0.244 e. The second-order valence-electron chi connectivity index (χ2n) is 6.12. The average Bonchev–Trinajstić information content (AvgIpc) is 3.15. The highest BCUT2D eigenvalue weighted by atomic mass is 16.5. The topological polar surface area (TPSA) is 60.2 Å². The summed E-state index contributed by atoms with van der Waals surface area (Å²) >= 11 is 0. The fraction of sp³-hybridized carbons (Fsp3) is 0.857. The van der Waals surface area contributed by atoms with Crippen LogP contribution in [-0.2, 0) is 4.74 Å². The van der Waals surface area contributed by atoms with Gasteiger partial charge in [-0.2, -0.15) is 4.98 Å². The minimum Gasteiger partial charge on any atom is -0.381 e. The second-order valence-corrected chi connectivity index (χ2v) is 6.12. The van der Waals surface area contributed by atoms with Gasteiger partial charge >= 0.3 is 0 Å². The molecule has 0 amide bonds. The molecule has 4 rings (SSSR count). The van der Waals surface area contributed by atoms with E-state index < -0.39 is 0 Å². The van der Waals surface area contributed by atoms with Crippen LogP contribution in [0.25, 0.3) is 0 Å². The second kappa shape index (κ2) is 4.87. The van der Waals surface area contributed by atoms with Crippen molar-refractivity contribution in [3.63, 3.8) is 0 Å². The number of nitrogens with one attached hydrogen (secondary N) is 1. The van der Waals surface area contributed by atoms with Crippen molar-refractivity contribution < 1.29 is 9.26 Å². The van der Waals surface area contributed by atoms with Crippen LogP contribution in [0.1, 0.15) is 55.8 Å². The van der Waals surface area contributed by atoms with Crippen LogP contribution in [0, 0.1) is 11.8 Å². The Labute approximate surface area is 113 Å². The zero-order valence-electron chi connectivity index (χ0n) is 11.2. The maximum absolute atomic E-state index is 5.55. The minimum absolute atomic E-state index is 0.300. The van der Waals surface area contributed by atoms with Crippen molar-refractivity contribution in [2.24, 2.45) is 11.8 Å². The van der Waals surface area contributed by atoms with Crippen LogP contribution in [0.4, 0.5) is 0 Å². The summed E-state index contributed by atoms with van der Waals surface area (Å²) in [7, 11) is 0. The lowest BCUT2D eigenvalue weighted by atomic mass is 9.94. The summed E-state index contributed by atoms with van der Waals surface area (Å²) in [5.74, 6) is 3.66. The number of hydrogen-bond donors (Lipinski definition) is 1. The van der Waals surface area contributed by atoms with Crippen molar-refractivity contribution in [2.75, 3.05) is 19.8 Å². The van der Waals surface area contributed by atoms with E-state index >= 15 is 0 Å². The van der Waals surface area contributed by atoms with Gasteiger partial charge in [0.1, 0.15) is 0 Å². The Balaban J connectivity index is 1.51. The molecule has 0 bridgehead atoms. The predicted octanol–water partition coefficient (Wildman–Crippen LogP) is 2.02. The van der Waals surface area contributed by atoms with Gasteiger partial charge in [0.15, 0.2) is 5.82 Å². The standard InChI is InChI=1S/C14H21N3O2/c1-2-10-8-15-12(11(10)3-1)14-16-13(17-19-14)9-4-6-18-7-5-9/h9-12,15H,1-8H2. The van der Waals surface area contributed by atoms with Crippen molar-refractivity contribution in [3.8, 4) is 0 Å². The molecular formula is C14H21N3O2. The molecule has 104 valence electrons. The van der Waals surface area contributed by atoms with E-state index in [2.05, 4.69) is 15.5 Å². The number of rotatable bonds is 2. The van der Waals surface area contributed by atoms with Gasteiger partial charge in [-0.3, -0.25) is 0 Å². The van der Waals surface area contributed by atoms with Crippen LogP contribution in [0.3, 0.4) is 0 Å². The fourth-order valence-electron chi connectivity index (χ4n) is 3.95. The Morgan fingerprint density at radius 2 is 2.00 bits per heavy atom. The SMILES string of the molecule is C1CC2CNC(c3nc(C4CCOCC4)no3)C2C1. The number of aromatic nitrogens is 2. The molecule has 3 aliphatic rings. The number of nitrogens with zero attached hydrogens (tertiary/aromatic N) is 2. The van der Waals surface area contributed by atoms with Crippen molar-refractivity contribution >= 4 is 0 Å². The highest BCUT2D eigenvalue weighted by Gasteiger charge is 2.42. The van der Waals surface area contributed by atoms with E-state index in [0.717, 1.165) is 50.2 Å². The largest absolute Gasteiger partial charge is 0.381 e. The number of fused-ring (bicyclic) bond motifs is 1. The summed E-state index contributed by atoms with van der Waals surface area (Å²) < 4.78 is 10.9. The molecule has 3 fully saturated rings. The molecule has 5 heteroatoms. The molecule has 2 saturated heterocycles. The van der Waals surface area contributed by atoms with Crippen molar-refractivity contribution in [2.45, 2.75) is 44.1 Å². The lowest BCUT2D eigenvalue weighted by Gasteiger charge is -2.18. The van der Waals surface area contributed by atoms with Crippen molar-refractivity contribution in [3.05, 3.63) is 11.7 Å². The first kappa shape index (κ1) is 11.9. The predicted molar refractivity (Wildman–Crippen MR) is 68.7 cm³/mol. The summed E-state index contributed by atoms with van der Waals surface area (Å²) in [5.41, 5.74) is 0. The highest BCUT2D eigenvalue weighted by Crippen LogP contribution is 2.44. The summed E-state index contributed by atoms with van der Waals surface area (Å²) in [4.78, 5) is 4.68. The van der Waals surface area contributed by atoms with Gasteiger partial charge < -0.3 is 14.6 Å². The molecular weight excluding hydrogens is 242 g/mol. The monoisotopic (exact) mass is 263 g/mol. The molecule has 1 aliphatic carbocycles. The fourth-order valence-corrected chi connectivity index (χ4v) is 3.95. The summed E-state index contributed by atoms with van der Waals surface area (Å²) in [6.07, 6.45) is 6.05. The molecule has 1 aromatic rings. The van der Waals surface area contributed by atoms with Gasteiger partial charge in [-0.1, -0.05) is 11.6 Å². The normalized spacial score (nSPS) is 35.7. The third-order valence-electron chi connectivity index (χ3n) is 5.06. The zero-order valence-corrected chi connectivity index (χ0v) is 11.2. The van der Waals surface area contributed by atoms with Crippen LogP contribution < -0.4 is 5.32 Å². The first-order chi connectivity index (χ1) is 9.42. The van der Waals surface area contributed by atoms with Gasteiger partial charge in [-0.15, -0.1) is 0 Å². The molecule has 0 aromatic carbocycles. The summed E-state index contributed by atoms with van der Waals surface area (Å²) in [5, 5.41) is 7.79. The molecule has 2 aliphatic heterocycles. The minimum atomic E-state index is 0.300. The van der Waals surface area contributed by atoms with Gasteiger partial charge in [0.25, 0.3) is 0 Å². The smallest absolute Gasteiger partial charge is 0.244 e. The lowest BCUT2D eigenvalue weighted by Crippen LogP contribution is -2.19. The van der Waals surface area contributed by atoms with Crippen LogP contribution in [0.15, 0.2) is 4.52 Å². The Morgan fingerprint density at radius 1 is 1.11 bits per heavy atom. The molecule has 0 radical (unpaired) electrons. The van der Waals surface area contributed by atoms with E-state index in [1.807, 2.05) is 0 Å². The quantitative estimate of drug-likeness (QED) is 0.884. The van der Waals surface area contributed by atoms with E-state index in [4.69, 9.17) is 9.26 Å². The first-order valence-electron chi connectivity index (χ1n) is 7.56. The Hall–Kier alpha value is -0.940. The molecule has 1 N–H and O–H groups in total. The molecule has 19 heavy (non-hydrogen) atoms. The summed E-state index contributed by atoms with van der Waals surface area (Å²) in [6.45, 7) is 2.76. The van der Waals surface area contributed by atoms with Gasteiger partial charge in [0.2, 0.25) is 5.89 Å². The van der Waals surface area contributed by atoms with E-state index in [9.17, 15) is 0 Å². The molecule has 3 atom stereocenters. The van der Waals surface area contributed by atoms with Gasteiger partial charge in [-0.25, -0.2) is 0 Å². The van der Waals surface area contributed by atoms with E-state index in [1.54, 1.807) is 0 Å². The van der Waals surface area contributed by atoms with E-state index in [0.29, 0.717) is 17.9 Å². The molecule has 0 spiro atoms. The lowest BCUT2D eigenvalue weighted by molar-refractivity contribution is 0.0830. The molecule has 5 nitrogen and oxygen atoms in total. The first-order valence-corrected chi connectivity index (χ1v) is 7.56. The van der Waals surface area contributed by atoms with E-state index in [1.165, 1.54) is 19.3 Å². The van der Waals surface area contributed by atoms with Crippen LogP contribution in [0.5, 0.6) is 0 Å². The third kappa shape index (κ3) is 2.09. The Bertz CT molecular complexity index is 442. The zero-order chi connectivity index (χ0) is 12.7. The molecule has 3 unspecified atom stereocenters. The Morgan fingerprint density at radius 3 is 2.89 bits per heavy atom. The van der Waals surface area contributed by atoms with Crippen LogP contribution in [0.2, 0.25) is 0 Å². The van der Waals surface area contributed by atoms with Gasteiger partial charge in [0.05, 0.1) is 6.04 Å². The van der Waals surface area contributed by atoms with Crippen LogP contribution >= 0.6 is 0 Å². The highest BCUT2D eigenvalue weighted by molar-refractivity contribution is 5.05. The van der Waals surface area contributed by atoms with Gasteiger partial charge in [0, 0.05) is 19.1 Å². The maximum atomic E-state index is 5.55.